The number of aromatic nitrogens is 3. The first kappa shape index (κ1) is 29.9. The van der Waals surface area contributed by atoms with Crippen LogP contribution in [0.4, 0.5) is 30.7 Å². The Labute approximate surface area is 222 Å². The fourth-order valence-corrected chi connectivity index (χ4v) is 4.70. The largest absolute Gasteiger partial charge is 0.416 e. The van der Waals surface area contributed by atoms with Crippen LogP contribution in [0.1, 0.15) is 47.1 Å². The Hall–Kier alpha value is -3.04. The van der Waals surface area contributed by atoms with Gasteiger partial charge in [0.1, 0.15) is 11.6 Å². The highest BCUT2D eigenvalue weighted by Gasteiger charge is 2.39. The minimum Gasteiger partial charge on any atom is -0.349 e. The zero-order valence-corrected chi connectivity index (χ0v) is 21.5. The van der Waals surface area contributed by atoms with Crippen LogP contribution in [0.25, 0.3) is 0 Å². The minimum absolute atomic E-state index is 0.00693. The highest BCUT2D eigenvalue weighted by atomic mass is 31.1. The van der Waals surface area contributed by atoms with Crippen molar-refractivity contribution in [3.05, 3.63) is 86.8 Å². The Kier molecular flexibility index (Phi) is 8.57. The Morgan fingerprint density at radius 2 is 1.73 bits per heavy atom. The van der Waals surface area contributed by atoms with Gasteiger partial charge in [-0.25, -0.2) is 9.18 Å². The van der Waals surface area contributed by atoms with Crippen molar-refractivity contribution in [2.75, 3.05) is 13.2 Å². The van der Waals surface area contributed by atoms with Gasteiger partial charge in [-0.3, -0.25) is 14.6 Å². The van der Waals surface area contributed by atoms with Crippen LogP contribution in [0.3, 0.4) is 0 Å². The number of hydrogen-bond acceptors (Lipinski definition) is 6. The molecule has 9 nitrogen and oxygen atoms in total. The highest BCUT2D eigenvalue weighted by molar-refractivity contribution is 7.35. The fraction of sp³-hybridized carbons (Fsp3) is 0.391. The molecule has 1 aromatic heterocycles. The van der Waals surface area contributed by atoms with Crippen molar-refractivity contribution in [2.45, 2.75) is 44.3 Å². The van der Waals surface area contributed by atoms with Gasteiger partial charge in [-0.15, -0.1) is 0 Å². The molecule has 2 N–H and O–H groups in total. The summed E-state index contributed by atoms with van der Waals surface area (Å²) in [6.45, 7) is 1.31. The van der Waals surface area contributed by atoms with E-state index in [-0.39, 0.29) is 31.6 Å². The standard InChI is InChI=1S/C23H22F7N4O5P/c1-12(14-8-15(22(25,26)27)10-16(9-14)23(28,29)30)39-20-19(13-2-4-17(24)5-3-13)33(6-7-38-20)11-18-31-21(35)34(32-18)40(36)37/h2-5,8-10,12,19-20,40H,6-7,11H2,1H3,(H,36,37)(H,31,32,35)/t12-,19+,20-/m1/s1. The molecule has 2 heterocycles. The smallest absolute Gasteiger partial charge is 0.349 e. The molecular weight excluding hydrogens is 576 g/mol. The first-order valence-corrected chi connectivity index (χ1v) is 12.9. The van der Waals surface area contributed by atoms with E-state index in [4.69, 9.17) is 9.47 Å². The molecule has 1 aliphatic heterocycles. The van der Waals surface area contributed by atoms with Crippen molar-refractivity contribution in [3.8, 4) is 0 Å². The molecule has 2 aromatic carbocycles. The molecule has 0 bridgehead atoms. The summed E-state index contributed by atoms with van der Waals surface area (Å²) in [6, 6.07) is 5.29. The van der Waals surface area contributed by atoms with E-state index in [0.717, 1.165) is 12.1 Å². The molecule has 0 radical (unpaired) electrons. The van der Waals surface area contributed by atoms with Crippen LogP contribution >= 0.6 is 8.18 Å². The number of hydrogen-bond donors (Lipinski definition) is 2. The quantitative estimate of drug-likeness (QED) is 0.301. The molecule has 1 saturated heterocycles. The second kappa shape index (κ2) is 11.4. The molecular formula is C23H22F7N4O5P. The first-order valence-electron chi connectivity index (χ1n) is 11.6. The van der Waals surface area contributed by atoms with E-state index in [1.807, 2.05) is 0 Å². The third kappa shape index (κ3) is 6.81. The van der Waals surface area contributed by atoms with Crippen molar-refractivity contribution in [3.63, 3.8) is 0 Å². The maximum absolute atomic E-state index is 13.7. The van der Waals surface area contributed by atoms with Crippen LogP contribution in [0.5, 0.6) is 0 Å². The zero-order valence-electron chi connectivity index (χ0n) is 20.5. The third-order valence-electron chi connectivity index (χ3n) is 6.15. The Balaban J connectivity index is 1.68. The van der Waals surface area contributed by atoms with Gasteiger partial charge >= 0.3 is 26.2 Å². The number of aromatic amines is 1. The molecule has 1 fully saturated rings. The monoisotopic (exact) mass is 598 g/mol. The van der Waals surface area contributed by atoms with Crippen LogP contribution in [-0.2, 0) is 32.9 Å². The topological polar surface area (TPSA) is 110 Å². The van der Waals surface area contributed by atoms with Crippen LogP contribution in [0.15, 0.2) is 47.3 Å². The predicted molar refractivity (Wildman–Crippen MR) is 125 cm³/mol. The number of H-pyrrole nitrogens is 1. The van der Waals surface area contributed by atoms with Crippen molar-refractivity contribution >= 4 is 8.18 Å². The predicted octanol–water partition coefficient (Wildman–Crippen LogP) is 4.66. The molecule has 17 heteroatoms. The number of morpholine rings is 1. The van der Waals surface area contributed by atoms with E-state index in [9.17, 15) is 45.0 Å². The number of rotatable bonds is 7. The van der Waals surface area contributed by atoms with E-state index >= 15 is 0 Å². The first-order chi connectivity index (χ1) is 18.6. The summed E-state index contributed by atoms with van der Waals surface area (Å²) in [5.41, 5.74) is -4.00. The van der Waals surface area contributed by atoms with Gasteiger partial charge in [0, 0.05) is 6.54 Å². The summed E-state index contributed by atoms with van der Waals surface area (Å²) in [4.78, 5) is 26.5. The number of nitrogens with zero attached hydrogens (tertiary/aromatic N) is 3. The van der Waals surface area contributed by atoms with Gasteiger partial charge in [0.05, 0.1) is 36.4 Å². The Morgan fingerprint density at radius 1 is 1.12 bits per heavy atom. The maximum atomic E-state index is 13.7. The van der Waals surface area contributed by atoms with Gasteiger partial charge in [0.25, 0.3) is 0 Å². The van der Waals surface area contributed by atoms with Crippen molar-refractivity contribution in [1.29, 1.82) is 0 Å². The van der Waals surface area contributed by atoms with Gasteiger partial charge in [-0.05, 0) is 48.4 Å². The average molecular weight is 598 g/mol. The summed E-state index contributed by atoms with van der Waals surface area (Å²) < 4.78 is 117. The van der Waals surface area contributed by atoms with E-state index in [1.165, 1.54) is 19.1 Å². The average Bonchev–Trinajstić information content (AvgIpc) is 3.23. The molecule has 1 aliphatic rings. The van der Waals surface area contributed by atoms with E-state index in [1.54, 1.807) is 4.90 Å². The number of nitrogens with one attached hydrogen (secondary N) is 1. The lowest BCUT2D eigenvalue weighted by molar-refractivity contribution is -0.231. The highest BCUT2D eigenvalue weighted by Crippen LogP contribution is 2.39. The number of alkyl halides is 6. The molecule has 4 atom stereocenters. The van der Waals surface area contributed by atoms with Crippen molar-refractivity contribution < 1.29 is 49.7 Å². The van der Waals surface area contributed by atoms with Crippen molar-refractivity contribution in [1.82, 2.24) is 19.4 Å². The number of ether oxygens (including phenoxy) is 2. The zero-order chi connectivity index (χ0) is 29.4. The molecule has 1 unspecified atom stereocenters. The molecule has 0 amide bonds. The van der Waals surface area contributed by atoms with Gasteiger partial charge in [-0.1, -0.05) is 12.1 Å². The Bertz CT molecular complexity index is 1390. The Morgan fingerprint density at radius 3 is 2.25 bits per heavy atom. The fourth-order valence-electron chi connectivity index (χ4n) is 4.26. The summed E-state index contributed by atoms with van der Waals surface area (Å²) in [5, 5.41) is 2.41. The van der Waals surface area contributed by atoms with Crippen LogP contribution in [-0.4, -0.2) is 43.8 Å². The minimum atomic E-state index is -5.05. The van der Waals surface area contributed by atoms with E-state index in [2.05, 4.69) is 10.1 Å². The second-order valence-electron chi connectivity index (χ2n) is 8.89. The summed E-state index contributed by atoms with van der Waals surface area (Å²) in [5.74, 6) is -0.580. The van der Waals surface area contributed by atoms with Crippen molar-refractivity contribution in [2.24, 2.45) is 0 Å². The van der Waals surface area contributed by atoms with Gasteiger partial charge < -0.3 is 14.4 Å². The van der Waals surface area contributed by atoms with Crippen LogP contribution in [0.2, 0.25) is 0 Å². The lowest BCUT2D eigenvalue weighted by atomic mass is 10.0. The molecule has 218 valence electrons. The third-order valence-corrected chi connectivity index (χ3v) is 6.83. The summed E-state index contributed by atoms with van der Waals surface area (Å²) in [7, 11) is -3.45. The van der Waals surface area contributed by atoms with Gasteiger partial charge in [0.15, 0.2) is 6.29 Å². The summed E-state index contributed by atoms with van der Waals surface area (Å²) in [6.07, 6.45) is -12.7. The normalized spacial score (nSPS) is 20.4. The van der Waals surface area contributed by atoms with Crippen LogP contribution in [0, 0.1) is 5.82 Å². The lowest BCUT2D eigenvalue weighted by Crippen LogP contribution is -2.46. The SMILES string of the molecule is C[C@@H](O[C@H]1OCCN(Cc2nc(=O)n([PH](=O)O)[nH]2)[C@H]1c1ccc(F)cc1)c1cc(C(F)(F)F)cc(C(F)(F)F)c1. The van der Waals surface area contributed by atoms with E-state index in [0.29, 0.717) is 22.1 Å². The van der Waals surface area contributed by atoms with Gasteiger partial charge in [-0.2, -0.15) is 35.8 Å². The maximum Gasteiger partial charge on any atom is 0.416 e. The summed E-state index contributed by atoms with van der Waals surface area (Å²) >= 11 is 0. The molecule has 3 aromatic rings. The molecule has 40 heavy (non-hydrogen) atoms. The van der Waals surface area contributed by atoms with Gasteiger partial charge in [0.2, 0.25) is 0 Å². The molecule has 0 spiro atoms. The lowest BCUT2D eigenvalue weighted by Gasteiger charge is -2.41. The van der Waals surface area contributed by atoms with E-state index < -0.39 is 67.2 Å². The molecule has 4 rings (SSSR count). The second-order valence-corrected chi connectivity index (χ2v) is 9.91. The number of halogens is 7. The van der Waals surface area contributed by atoms with Crippen LogP contribution < -0.4 is 5.69 Å². The molecule has 0 aliphatic carbocycles. The molecule has 0 saturated carbocycles. The number of benzene rings is 2.